The van der Waals surface area contributed by atoms with Crippen molar-refractivity contribution < 1.29 is 4.74 Å². The summed E-state index contributed by atoms with van der Waals surface area (Å²) in [5, 5.41) is 0.488. The van der Waals surface area contributed by atoms with Crippen LogP contribution in [0.15, 0.2) is 34.9 Å². The Labute approximate surface area is 113 Å². The first kappa shape index (κ1) is 12.2. The van der Waals surface area contributed by atoms with Crippen LogP contribution in [0.5, 0.6) is 11.6 Å². The first-order valence-corrected chi connectivity index (χ1v) is 6.08. The average Bonchev–Trinajstić information content (AvgIpc) is 2.25. The summed E-state index contributed by atoms with van der Waals surface area (Å²) in [6.07, 6.45) is 1.50. The van der Waals surface area contributed by atoms with Gasteiger partial charge < -0.3 is 10.5 Å². The highest BCUT2D eigenvalue weighted by Crippen LogP contribution is 2.30. The van der Waals surface area contributed by atoms with Crippen molar-refractivity contribution in [1.29, 1.82) is 0 Å². The molecule has 1 aromatic carbocycles. The molecule has 0 saturated heterocycles. The lowest BCUT2D eigenvalue weighted by atomic mass is 10.2. The summed E-state index contributed by atoms with van der Waals surface area (Å²) >= 11 is 9.16. The van der Waals surface area contributed by atoms with Crippen molar-refractivity contribution in [1.82, 2.24) is 4.98 Å². The van der Waals surface area contributed by atoms with Gasteiger partial charge in [0.05, 0.1) is 10.7 Å². The van der Waals surface area contributed by atoms with Crippen LogP contribution in [0.2, 0.25) is 5.02 Å². The molecule has 2 aromatic rings. The smallest absolute Gasteiger partial charge is 0.242 e. The van der Waals surface area contributed by atoms with E-state index in [4.69, 9.17) is 22.1 Å². The lowest BCUT2D eigenvalue weighted by molar-refractivity contribution is 0.462. The minimum atomic E-state index is 0.361. The van der Waals surface area contributed by atoms with E-state index >= 15 is 0 Å². The Morgan fingerprint density at radius 2 is 2.12 bits per heavy atom. The number of aromatic nitrogens is 1. The van der Waals surface area contributed by atoms with Gasteiger partial charge in [-0.05, 0) is 36.8 Å². The van der Waals surface area contributed by atoms with Gasteiger partial charge in [0.25, 0.3) is 0 Å². The normalized spacial score (nSPS) is 10.3. The van der Waals surface area contributed by atoms with Crippen molar-refractivity contribution >= 4 is 33.2 Å². The zero-order chi connectivity index (χ0) is 12.4. The fraction of sp³-hybridized carbons (Fsp3) is 0.0833. The van der Waals surface area contributed by atoms with Crippen molar-refractivity contribution in [2.75, 3.05) is 5.73 Å². The molecule has 0 aliphatic carbocycles. The van der Waals surface area contributed by atoms with E-state index in [2.05, 4.69) is 20.9 Å². The zero-order valence-corrected chi connectivity index (χ0v) is 11.4. The number of hydrogen-bond donors (Lipinski definition) is 1. The van der Waals surface area contributed by atoms with E-state index in [0.29, 0.717) is 16.6 Å². The van der Waals surface area contributed by atoms with E-state index in [1.807, 2.05) is 25.1 Å². The van der Waals surface area contributed by atoms with Crippen molar-refractivity contribution in [3.63, 3.8) is 0 Å². The number of nitrogen functional groups attached to an aromatic ring is 1. The predicted octanol–water partition coefficient (Wildman–Crippen LogP) is 4.18. The molecule has 0 saturated carbocycles. The van der Waals surface area contributed by atoms with E-state index in [-0.39, 0.29) is 0 Å². The van der Waals surface area contributed by atoms with Gasteiger partial charge in [0.15, 0.2) is 0 Å². The van der Waals surface area contributed by atoms with E-state index in [1.165, 1.54) is 6.20 Å². The molecule has 0 fully saturated rings. The number of anilines is 1. The fourth-order valence-electron chi connectivity index (χ4n) is 1.36. The molecule has 0 amide bonds. The third kappa shape index (κ3) is 2.90. The second-order valence-corrected chi connectivity index (χ2v) is 4.91. The molecule has 0 atom stereocenters. The number of nitrogens with two attached hydrogens (primary N) is 1. The Bertz CT molecular complexity index is 511. The number of halogens is 2. The molecule has 3 nitrogen and oxygen atoms in total. The number of rotatable bonds is 2. The minimum Gasteiger partial charge on any atom is -0.437 e. The largest absolute Gasteiger partial charge is 0.437 e. The van der Waals surface area contributed by atoms with Crippen LogP contribution in [0, 0.1) is 6.92 Å². The minimum absolute atomic E-state index is 0.361. The van der Waals surface area contributed by atoms with Crippen molar-refractivity contribution in [3.8, 4) is 11.6 Å². The highest BCUT2D eigenvalue weighted by Gasteiger charge is 2.07. The summed E-state index contributed by atoms with van der Waals surface area (Å²) in [7, 11) is 0. The molecule has 17 heavy (non-hydrogen) atoms. The number of nitrogens with zero attached hydrogens (tertiary/aromatic N) is 1. The molecular weight excluding hydrogens is 304 g/mol. The van der Waals surface area contributed by atoms with Gasteiger partial charge in [-0.1, -0.05) is 27.5 Å². The highest BCUT2D eigenvalue weighted by atomic mass is 79.9. The third-order valence-electron chi connectivity index (χ3n) is 2.19. The molecule has 0 aliphatic rings. The van der Waals surface area contributed by atoms with E-state index in [1.54, 1.807) is 6.07 Å². The molecule has 2 N–H and O–H groups in total. The van der Waals surface area contributed by atoms with Gasteiger partial charge in [0, 0.05) is 10.7 Å². The van der Waals surface area contributed by atoms with Crippen LogP contribution < -0.4 is 10.5 Å². The second-order valence-electron chi connectivity index (χ2n) is 3.56. The van der Waals surface area contributed by atoms with E-state index < -0.39 is 0 Å². The highest BCUT2D eigenvalue weighted by molar-refractivity contribution is 9.10. The average molecular weight is 314 g/mol. The van der Waals surface area contributed by atoms with Crippen LogP contribution >= 0.6 is 27.5 Å². The first-order chi connectivity index (χ1) is 8.06. The number of aryl methyl sites for hydroxylation is 1. The maximum atomic E-state index is 5.77. The second kappa shape index (κ2) is 4.94. The summed E-state index contributed by atoms with van der Waals surface area (Å²) in [4.78, 5) is 4.05. The SMILES string of the molecule is Cc1cc(Br)ccc1Oc1ncc(Cl)cc1N. The molecule has 0 bridgehead atoms. The topological polar surface area (TPSA) is 48.1 Å². The van der Waals surface area contributed by atoms with Gasteiger partial charge in [-0.15, -0.1) is 0 Å². The molecular formula is C12H10BrClN2O. The molecule has 2 rings (SSSR count). The van der Waals surface area contributed by atoms with Crippen LogP contribution in [0.4, 0.5) is 5.69 Å². The third-order valence-corrected chi connectivity index (χ3v) is 2.89. The maximum absolute atomic E-state index is 5.77. The number of pyridine rings is 1. The van der Waals surface area contributed by atoms with Crippen LogP contribution in [0.25, 0.3) is 0 Å². The number of benzene rings is 1. The van der Waals surface area contributed by atoms with Gasteiger partial charge in [-0.2, -0.15) is 0 Å². The van der Waals surface area contributed by atoms with Crippen molar-refractivity contribution in [2.45, 2.75) is 6.92 Å². The molecule has 0 radical (unpaired) electrons. The molecule has 5 heteroatoms. The predicted molar refractivity (Wildman–Crippen MR) is 72.6 cm³/mol. The van der Waals surface area contributed by atoms with E-state index in [9.17, 15) is 0 Å². The Morgan fingerprint density at radius 3 is 2.76 bits per heavy atom. The Balaban J connectivity index is 2.31. The number of ether oxygens (including phenoxy) is 1. The zero-order valence-electron chi connectivity index (χ0n) is 9.08. The molecule has 88 valence electrons. The Kier molecular flexibility index (Phi) is 3.54. The maximum Gasteiger partial charge on any atom is 0.242 e. The summed E-state index contributed by atoms with van der Waals surface area (Å²) < 4.78 is 6.63. The molecule has 0 spiro atoms. The van der Waals surface area contributed by atoms with Crippen LogP contribution in [-0.2, 0) is 0 Å². The van der Waals surface area contributed by atoms with Gasteiger partial charge in [-0.25, -0.2) is 4.98 Å². The van der Waals surface area contributed by atoms with Gasteiger partial charge in [-0.3, -0.25) is 0 Å². The van der Waals surface area contributed by atoms with Gasteiger partial charge in [0.2, 0.25) is 5.88 Å². The summed E-state index contributed by atoms with van der Waals surface area (Å²) in [5.41, 5.74) is 7.18. The molecule has 1 heterocycles. The van der Waals surface area contributed by atoms with Crippen LogP contribution in [-0.4, -0.2) is 4.98 Å². The Hall–Kier alpha value is -1.26. The lowest BCUT2D eigenvalue weighted by Gasteiger charge is -2.09. The summed E-state index contributed by atoms with van der Waals surface area (Å²) in [6.45, 7) is 1.95. The summed E-state index contributed by atoms with van der Waals surface area (Å²) in [5.74, 6) is 1.08. The van der Waals surface area contributed by atoms with E-state index in [0.717, 1.165) is 15.8 Å². The number of hydrogen-bond acceptors (Lipinski definition) is 3. The standard InChI is InChI=1S/C12H10BrClN2O/c1-7-4-8(13)2-3-11(7)17-12-10(15)5-9(14)6-16-12/h2-6H,15H2,1H3. The van der Waals surface area contributed by atoms with Gasteiger partial charge >= 0.3 is 0 Å². The monoisotopic (exact) mass is 312 g/mol. The Morgan fingerprint density at radius 1 is 1.35 bits per heavy atom. The van der Waals surface area contributed by atoms with Crippen molar-refractivity contribution in [2.24, 2.45) is 0 Å². The lowest BCUT2D eigenvalue weighted by Crippen LogP contribution is -1.96. The van der Waals surface area contributed by atoms with Crippen LogP contribution in [0.3, 0.4) is 0 Å². The van der Waals surface area contributed by atoms with Crippen molar-refractivity contribution in [3.05, 3.63) is 45.5 Å². The molecule has 0 aliphatic heterocycles. The van der Waals surface area contributed by atoms with Gasteiger partial charge in [0.1, 0.15) is 5.75 Å². The molecule has 1 aromatic heterocycles. The molecule has 0 unspecified atom stereocenters. The first-order valence-electron chi connectivity index (χ1n) is 4.91. The summed E-state index contributed by atoms with van der Waals surface area (Å²) in [6, 6.07) is 7.32. The quantitative estimate of drug-likeness (QED) is 0.904. The fourth-order valence-corrected chi connectivity index (χ4v) is 2.00. The van der Waals surface area contributed by atoms with Crippen LogP contribution in [0.1, 0.15) is 5.56 Å².